The largest absolute Gasteiger partial charge is 0.497 e. The molecule has 1 heterocycles. The van der Waals surface area contributed by atoms with Crippen LogP contribution in [0.4, 0.5) is 0 Å². The lowest BCUT2D eigenvalue weighted by Gasteiger charge is -2.24. The molecular weight excluding hydrogens is 350 g/mol. The van der Waals surface area contributed by atoms with Gasteiger partial charge in [-0.15, -0.1) is 0 Å². The minimum absolute atomic E-state index is 0.0759. The van der Waals surface area contributed by atoms with Crippen LogP contribution in [0, 0.1) is 11.3 Å². The number of hydrogen-bond acceptors (Lipinski definition) is 5. The number of carboxylic acid groups (broad SMARTS) is 1. The molecule has 1 N–H and O–H groups in total. The summed E-state index contributed by atoms with van der Waals surface area (Å²) in [7, 11) is 3.03. The van der Waals surface area contributed by atoms with E-state index in [9.17, 15) is 14.7 Å². The van der Waals surface area contributed by atoms with Gasteiger partial charge in [-0.25, -0.2) is 0 Å². The molecule has 1 aliphatic rings. The SMILES string of the molecule is COCC1(C(=O)O)CCN(C(=O)c2ccc(OC)cc2OCCC(C)C)C1. The standard InChI is InChI=1S/C20H29NO6/c1-14(2)7-10-27-17-11-15(26-4)5-6-16(17)18(22)21-9-8-20(12-21,13-25-3)19(23)24/h5-6,11,14H,7-10,12-13H2,1-4H3,(H,23,24). The molecule has 0 aliphatic carbocycles. The Labute approximate surface area is 160 Å². The quantitative estimate of drug-likeness (QED) is 0.710. The van der Waals surface area contributed by atoms with Crippen molar-refractivity contribution in [2.75, 3.05) is 40.5 Å². The third-order valence-electron chi connectivity index (χ3n) is 4.89. The second-order valence-corrected chi connectivity index (χ2v) is 7.39. The molecule has 0 saturated carbocycles. The lowest BCUT2D eigenvalue weighted by atomic mass is 9.88. The fourth-order valence-electron chi connectivity index (χ4n) is 3.18. The van der Waals surface area contributed by atoms with Gasteiger partial charge in [0.25, 0.3) is 5.91 Å². The van der Waals surface area contributed by atoms with Crippen LogP contribution in [0.5, 0.6) is 11.5 Å². The van der Waals surface area contributed by atoms with Crippen LogP contribution in [0.1, 0.15) is 37.0 Å². The summed E-state index contributed by atoms with van der Waals surface area (Å²) in [6.45, 7) is 5.26. The average Bonchev–Trinajstić information content (AvgIpc) is 3.06. The number of hydrogen-bond donors (Lipinski definition) is 1. The Hall–Kier alpha value is -2.28. The molecule has 2 rings (SSSR count). The molecular formula is C20H29NO6. The highest BCUT2D eigenvalue weighted by atomic mass is 16.5. The molecule has 1 aromatic rings. The molecule has 1 unspecified atom stereocenters. The van der Waals surface area contributed by atoms with E-state index in [1.165, 1.54) is 7.11 Å². The summed E-state index contributed by atoms with van der Waals surface area (Å²) in [6, 6.07) is 5.07. The summed E-state index contributed by atoms with van der Waals surface area (Å²) in [4.78, 5) is 26.3. The zero-order chi connectivity index (χ0) is 20.0. The van der Waals surface area contributed by atoms with Crippen LogP contribution in [0.25, 0.3) is 0 Å². The van der Waals surface area contributed by atoms with Gasteiger partial charge >= 0.3 is 5.97 Å². The Kier molecular flexibility index (Phi) is 7.07. The number of aliphatic carboxylic acids is 1. The number of carboxylic acids is 1. The Morgan fingerprint density at radius 1 is 1.30 bits per heavy atom. The number of carbonyl (C=O) groups is 2. The molecule has 1 fully saturated rings. The highest BCUT2D eigenvalue weighted by Crippen LogP contribution is 2.34. The molecule has 7 heteroatoms. The van der Waals surface area contributed by atoms with Crippen molar-refractivity contribution in [3.8, 4) is 11.5 Å². The lowest BCUT2D eigenvalue weighted by Crippen LogP contribution is -2.40. The first-order valence-corrected chi connectivity index (χ1v) is 9.15. The fraction of sp³-hybridized carbons (Fsp3) is 0.600. The molecule has 0 bridgehead atoms. The normalized spacial score (nSPS) is 19.4. The molecule has 1 aromatic carbocycles. The van der Waals surface area contributed by atoms with E-state index in [4.69, 9.17) is 14.2 Å². The minimum Gasteiger partial charge on any atom is -0.497 e. The zero-order valence-electron chi connectivity index (χ0n) is 16.5. The van der Waals surface area contributed by atoms with Gasteiger partial charge in [-0.05, 0) is 30.9 Å². The number of methoxy groups -OCH3 is 2. The summed E-state index contributed by atoms with van der Waals surface area (Å²) in [5.41, 5.74) is -0.645. The molecule has 1 atom stereocenters. The van der Waals surface area contributed by atoms with Gasteiger partial charge in [-0.2, -0.15) is 0 Å². The smallest absolute Gasteiger partial charge is 0.313 e. The maximum Gasteiger partial charge on any atom is 0.313 e. The van der Waals surface area contributed by atoms with Crippen LogP contribution in [-0.4, -0.2) is 62.4 Å². The third-order valence-corrected chi connectivity index (χ3v) is 4.89. The van der Waals surface area contributed by atoms with Crippen molar-refractivity contribution in [3.05, 3.63) is 23.8 Å². The third kappa shape index (κ3) is 4.91. The number of likely N-dealkylation sites (tertiary alicyclic amines) is 1. The summed E-state index contributed by atoms with van der Waals surface area (Å²) < 4.78 is 16.2. The van der Waals surface area contributed by atoms with E-state index in [1.54, 1.807) is 30.2 Å². The van der Waals surface area contributed by atoms with Gasteiger partial charge in [-0.1, -0.05) is 13.8 Å². The van der Waals surface area contributed by atoms with E-state index >= 15 is 0 Å². The molecule has 0 radical (unpaired) electrons. The van der Waals surface area contributed by atoms with Gasteiger partial charge in [0.05, 0.1) is 25.9 Å². The van der Waals surface area contributed by atoms with Gasteiger partial charge in [-0.3, -0.25) is 9.59 Å². The monoisotopic (exact) mass is 379 g/mol. The van der Waals surface area contributed by atoms with Gasteiger partial charge in [0.1, 0.15) is 16.9 Å². The first-order chi connectivity index (χ1) is 12.8. The number of rotatable bonds is 9. The molecule has 27 heavy (non-hydrogen) atoms. The van der Waals surface area contributed by atoms with E-state index in [-0.39, 0.29) is 19.1 Å². The van der Waals surface area contributed by atoms with E-state index in [0.717, 1.165) is 6.42 Å². The molecule has 1 saturated heterocycles. The number of benzene rings is 1. The number of nitrogens with zero attached hydrogens (tertiary/aromatic N) is 1. The van der Waals surface area contributed by atoms with E-state index in [0.29, 0.717) is 42.6 Å². The predicted molar refractivity (Wildman–Crippen MR) is 100 cm³/mol. The molecule has 150 valence electrons. The summed E-state index contributed by atoms with van der Waals surface area (Å²) in [6.07, 6.45) is 1.23. The molecule has 7 nitrogen and oxygen atoms in total. The maximum absolute atomic E-state index is 13.1. The van der Waals surface area contributed by atoms with E-state index < -0.39 is 11.4 Å². The Bertz CT molecular complexity index is 674. The zero-order valence-corrected chi connectivity index (χ0v) is 16.5. The van der Waals surface area contributed by atoms with Gasteiger partial charge < -0.3 is 24.2 Å². The number of carbonyl (C=O) groups excluding carboxylic acids is 1. The van der Waals surface area contributed by atoms with Crippen molar-refractivity contribution in [3.63, 3.8) is 0 Å². The topological polar surface area (TPSA) is 85.3 Å². The van der Waals surface area contributed by atoms with Crippen molar-refractivity contribution in [1.82, 2.24) is 4.90 Å². The second-order valence-electron chi connectivity index (χ2n) is 7.39. The first kappa shape index (κ1) is 21.0. The van der Waals surface area contributed by atoms with Crippen molar-refractivity contribution in [1.29, 1.82) is 0 Å². The number of amides is 1. The van der Waals surface area contributed by atoms with E-state index in [2.05, 4.69) is 13.8 Å². The lowest BCUT2D eigenvalue weighted by molar-refractivity contribution is -0.151. The highest BCUT2D eigenvalue weighted by molar-refractivity contribution is 5.98. The molecule has 1 amide bonds. The maximum atomic E-state index is 13.1. The van der Waals surface area contributed by atoms with Crippen LogP contribution >= 0.6 is 0 Å². The molecule has 1 aliphatic heterocycles. The van der Waals surface area contributed by atoms with Crippen LogP contribution in [-0.2, 0) is 9.53 Å². The Balaban J connectivity index is 2.21. The van der Waals surface area contributed by atoms with Crippen molar-refractivity contribution >= 4 is 11.9 Å². The first-order valence-electron chi connectivity index (χ1n) is 9.15. The predicted octanol–water partition coefficient (Wildman–Crippen LogP) is 2.68. The summed E-state index contributed by atoms with van der Waals surface area (Å²) >= 11 is 0. The fourth-order valence-corrected chi connectivity index (χ4v) is 3.18. The molecule has 0 spiro atoms. The Morgan fingerprint density at radius 3 is 2.63 bits per heavy atom. The Morgan fingerprint density at radius 2 is 2.04 bits per heavy atom. The average molecular weight is 379 g/mol. The molecule has 0 aromatic heterocycles. The van der Waals surface area contributed by atoms with Gasteiger partial charge in [0.15, 0.2) is 0 Å². The van der Waals surface area contributed by atoms with Gasteiger partial charge in [0.2, 0.25) is 0 Å². The van der Waals surface area contributed by atoms with E-state index in [1.807, 2.05) is 0 Å². The highest BCUT2D eigenvalue weighted by Gasteiger charge is 2.46. The van der Waals surface area contributed by atoms with Crippen LogP contribution in [0.3, 0.4) is 0 Å². The van der Waals surface area contributed by atoms with Crippen LogP contribution in [0.15, 0.2) is 18.2 Å². The van der Waals surface area contributed by atoms with Crippen molar-refractivity contribution in [2.45, 2.75) is 26.7 Å². The van der Waals surface area contributed by atoms with Crippen molar-refractivity contribution < 1.29 is 28.9 Å². The second kappa shape index (κ2) is 9.08. The minimum atomic E-state index is -1.06. The summed E-state index contributed by atoms with van der Waals surface area (Å²) in [5.74, 6) is 0.365. The van der Waals surface area contributed by atoms with Crippen LogP contribution in [0.2, 0.25) is 0 Å². The van der Waals surface area contributed by atoms with Gasteiger partial charge in [0, 0.05) is 26.3 Å². The van der Waals surface area contributed by atoms with Crippen molar-refractivity contribution in [2.24, 2.45) is 11.3 Å². The van der Waals surface area contributed by atoms with Crippen LogP contribution < -0.4 is 9.47 Å². The summed E-state index contributed by atoms with van der Waals surface area (Å²) in [5, 5.41) is 9.60. The number of ether oxygens (including phenoxy) is 3.